The van der Waals surface area contributed by atoms with Gasteiger partial charge in [0.15, 0.2) is 0 Å². The van der Waals surface area contributed by atoms with Gasteiger partial charge < -0.3 is 15.1 Å². The van der Waals surface area contributed by atoms with Crippen LogP contribution in [-0.4, -0.2) is 61.8 Å². The van der Waals surface area contributed by atoms with Crippen LogP contribution in [0.15, 0.2) is 61.6 Å². The average Bonchev–Trinajstić information content (AvgIpc) is 3.13. The molecule has 4 rings (SSSR count). The van der Waals surface area contributed by atoms with Gasteiger partial charge in [-0.1, -0.05) is 57.1 Å². The fourth-order valence-corrected chi connectivity index (χ4v) is 5.26. The molecule has 1 unspecified atom stereocenters. The molecule has 1 amide bonds. The van der Waals surface area contributed by atoms with Crippen molar-refractivity contribution in [2.75, 3.05) is 33.2 Å². The van der Waals surface area contributed by atoms with Crippen molar-refractivity contribution in [1.29, 1.82) is 0 Å². The Morgan fingerprint density at radius 1 is 1.21 bits per heavy atom. The summed E-state index contributed by atoms with van der Waals surface area (Å²) >= 11 is 0. The lowest BCUT2D eigenvalue weighted by Crippen LogP contribution is -2.46. The lowest BCUT2D eigenvalue weighted by atomic mass is 9.68. The predicted octanol–water partition coefficient (Wildman–Crippen LogP) is 4.72. The minimum Gasteiger partial charge on any atom is -0.380 e. The zero-order chi connectivity index (χ0) is 28.1. The average molecular weight is 524 g/mol. The van der Waals surface area contributed by atoms with Gasteiger partial charge in [0.25, 0.3) is 0 Å². The van der Waals surface area contributed by atoms with E-state index in [1.165, 1.54) is 12.5 Å². The van der Waals surface area contributed by atoms with Crippen molar-refractivity contribution in [2.45, 2.75) is 45.2 Å². The van der Waals surface area contributed by atoms with Crippen molar-refractivity contribution in [2.24, 2.45) is 5.41 Å². The molecular weight excluding hydrogens is 488 g/mol. The van der Waals surface area contributed by atoms with Crippen LogP contribution >= 0.6 is 0 Å². The molecule has 1 N–H and O–H groups in total. The van der Waals surface area contributed by atoms with Crippen LogP contribution in [0.2, 0.25) is 0 Å². The first-order valence-electron chi connectivity index (χ1n) is 12.9. The number of alkyl halides is 3. The molecule has 2 aromatic rings. The number of carbonyl (C=O) groups excluding carboxylic acids is 1. The number of benzene rings is 1. The molecule has 3 heterocycles. The van der Waals surface area contributed by atoms with E-state index in [1.54, 1.807) is 6.20 Å². The van der Waals surface area contributed by atoms with Crippen molar-refractivity contribution in [3.63, 3.8) is 0 Å². The molecule has 9 heteroatoms. The van der Waals surface area contributed by atoms with E-state index in [0.717, 1.165) is 23.4 Å². The summed E-state index contributed by atoms with van der Waals surface area (Å²) in [5.41, 5.74) is 1.34. The third-order valence-corrected chi connectivity index (χ3v) is 7.30. The SMILES string of the molecule is CCC.[B]c1ccc(C(F)(F)F)cc1C(=C)NCC(=C)N1CCC2(CC1)C(=O)N(C)CC2c1cccnc1. The highest BCUT2D eigenvalue weighted by molar-refractivity contribution is 6.34. The van der Waals surface area contributed by atoms with Crippen molar-refractivity contribution in [1.82, 2.24) is 20.1 Å². The lowest BCUT2D eigenvalue weighted by molar-refractivity contribution is -0.138. The summed E-state index contributed by atoms with van der Waals surface area (Å²) < 4.78 is 39.3. The Bertz CT molecular complexity index is 1140. The second-order valence-corrected chi connectivity index (χ2v) is 10.1. The van der Waals surface area contributed by atoms with Gasteiger partial charge in [0, 0.05) is 56.4 Å². The maximum atomic E-state index is 13.2. The number of pyridine rings is 1. The Morgan fingerprint density at radius 3 is 2.45 bits per heavy atom. The standard InChI is InChI=1S/C26H28BF3N4O.C3H8/c1-17(14-32-18(2)21-13-20(26(28,29)30)6-7-23(21)27)34-11-8-25(9-12-34)22(16-33(3)24(25)35)19-5-4-10-31-15-19;1-3-2/h4-7,10,13,15,22,32H,1-2,8-9,11-12,14,16H2,3H3;3H2,1-2H3. The highest BCUT2D eigenvalue weighted by atomic mass is 19.4. The van der Waals surface area contributed by atoms with Crippen LogP contribution in [0.25, 0.3) is 5.70 Å². The minimum atomic E-state index is -4.46. The fraction of sp³-hybridized carbons (Fsp3) is 0.448. The maximum Gasteiger partial charge on any atom is 0.416 e. The van der Waals surface area contributed by atoms with Crippen LogP contribution in [0.3, 0.4) is 0 Å². The molecule has 1 spiro atoms. The van der Waals surface area contributed by atoms with Gasteiger partial charge in [-0.05, 0) is 36.1 Å². The highest BCUT2D eigenvalue weighted by Crippen LogP contribution is 2.50. The number of likely N-dealkylation sites (tertiary alicyclic amines) is 2. The number of halogens is 3. The van der Waals surface area contributed by atoms with Crippen LogP contribution in [0.5, 0.6) is 0 Å². The Kier molecular flexibility index (Phi) is 9.33. The molecule has 38 heavy (non-hydrogen) atoms. The molecule has 2 aliphatic heterocycles. The zero-order valence-corrected chi connectivity index (χ0v) is 22.4. The van der Waals surface area contributed by atoms with E-state index in [0.29, 0.717) is 44.7 Å². The third-order valence-electron chi connectivity index (χ3n) is 7.30. The van der Waals surface area contributed by atoms with Gasteiger partial charge in [-0.3, -0.25) is 9.78 Å². The van der Waals surface area contributed by atoms with E-state index >= 15 is 0 Å². The summed E-state index contributed by atoms with van der Waals surface area (Å²) in [5.74, 6) is 0.258. The lowest BCUT2D eigenvalue weighted by Gasteiger charge is -2.42. The summed E-state index contributed by atoms with van der Waals surface area (Å²) in [5, 5.41) is 3.06. The smallest absolute Gasteiger partial charge is 0.380 e. The zero-order valence-electron chi connectivity index (χ0n) is 22.4. The summed E-state index contributed by atoms with van der Waals surface area (Å²) in [6, 6.07) is 7.12. The first-order valence-corrected chi connectivity index (χ1v) is 12.9. The summed E-state index contributed by atoms with van der Waals surface area (Å²) in [6.45, 7) is 14.6. The largest absolute Gasteiger partial charge is 0.416 e. The van der Waals surface area contributed by atoms with Gasteiger partial charge in [0.1, 0.15) is 7.85 Å². The Morgan fingerprint density at radius 2 is 1.87 bits per heavy atom. The van der Waals surface area contributed by atoms with E-state index in [-0.39, 0.29) is 22.9 Å². The molecule has 1 atom stereocenters. The Balaban J connectivity index is 0.00000127. The number of likely N-dealkylation sites (N-methyl/N-ethyl adjacent to an activating group) is 1. The summed E-state index contributed by atoms with van der Waals surface area (Å²) in [7, 11) is 7.74. The molecule has 2 aliphatic rings. The second kappa shape index (κ2) is 12.1. The van der Waals surface area contributed by atoms with Gasteiger partial charge >= 0.3 is 6.18 Å². The van der Waals surface area contributed by atoms with E-state index in [9.17, 15) is 18.0 Å². The highest BCUT2D eigenvalue weighted by Gasteiger charge is 2.54. The first kappa shape index (κ1) is 29.3. The third kappa shape index (κ3) is 6.25. The van der Waals surface area contributed by atoms with Gasteiger partial charge in [-0.2, -0.15) is 13.2 Å². The monoisotopic (exact) mass is 524 g/mol. The Hall–Kier alpha value is -3.23. The number of hydrogen-bond acceptors (Lipinski definition) is 4. The van der Waals surface area contributed by atoms with Crippen LogP contribution in [0.4, 0.5) is 13.2 Å². The number of hydrogen-bond donors (Lipinski definition) is 1. The fourth-order valence-electron chi connectivity index (χ4n) is 5.26. The van der Waals surface area contributed by atoms with Gasteiger partial charge in [0.2, 0.25) is 5.91 Å². The number of piperidine rings is 1. The number of rotatable bonds is 6. The van der Waals surface area contributed by atoms with Crippen molar-refractivity contribution >= 4 is 24.9 Å². The van der Waals surface area contributed by atoms with Gasteiger partial charge in [-0.15, -0.1) is 0 Å². The minimum absolute atomic E-state index is 0.0888. The first-order chi connectivity index (χ1) is 17.9. The maximum absolute atomic E-state index is 13.2. The molecular formula is C29H36BF3N4O. The van der Waals surface area contributed by atoms with Crippen LogP contribution in [0.1, 0.15) is 55.7 Å². The van der Waals surface area contributed by atoms with E-state index in [4.69, 9.17) is 7.85 Å². The van der Waals surface area contributed by atoms with Crippen LogP contribution in [-0.2, 0) is 11.0 Å². The molecule has 202 valence electrons. The van der Waals surface area contributed by atoms with Crippen LogP contribution < -0.4 is 10.8 Å². The van der Waals surface area contributed by atoms with Crippen LogP contribution in [0, 0.1) is 5.41 Å². The predicted molar refractivity (Wildman–Crippen MR) is 147 cm³/mol. The van der Waals surface area contributed by atoms with Crippen molar-refractivity contribution < 1.29 is 18.0 Å². The molecule has 2 fully saturated rings. The number of nitrogens with zero attached hydrogens (tertiary/aromatic N) is 3. The normalized spacial score (nSPS) is 18.7. The molecule has 5 nitrogen and oxygen atoms in total. The van der Waals surface area contributed by atoms with E-state index < -0.39 is 17.2 Å². The number of nitrogens with one attached hydrogen (secondary N) is 1. The second-order valence-electron chi connectivity index (χ2n) is 10.1. The summed E-state index contributed by atoms with van der Waals surface area (Å²) in [4.78, 5) is 21.4. The van der Waals surface area contributed by atoms with E-state index in [2.05, 4.69) is 42.2 Å². The van der Waals surface area contributed by atoms with E-state index in [1.807, 2.05) is 30.3 Å². The molecule has 0 bridgehead atoms. The Labute approximate surface area is 225 Å². The van der Waals surface area contributed by atoms with Gasteiger partial charge in [-0.25, -0.2) is 0 Å². The molecule has 2 saturated heterocycles. The number of amides is 1. The quantitative estimate of drug-likeness (QED) is 0.556. The molecule has 1 aromatic carbocycles. The summed E-state index contributed by atoms with van der Waals surface area (Å²) in [6.07, 6.45) is 1.75. The topological polar surface area (TPSA) is 48.5 Å². The molecule has 0 saturated carbocycles. The molecule has 1 aromatic heterocycles. The number of carbonyl (C=O) groups is 1. The van der Waals surface area contributed by atoms with Crippen molar-refractivity contribution in [3.8, 4) is 0 Å². The van der Waals surface area contributed by atoms with Gasteiger partial charge in [0.05, 0.1) is 17.5 Å². The molecule has 0 aliphatic carbocycles. The number of aromatic nitrogens is 1. The van der Waals surface area contributed by atoms with Crippen molar-refractivity contribution in [3.05, 3.63) is 78.3 Å². The molecule has 2 radical (unpaired) electrons.